The van der Waals surface area contributed by atoms with Gasteiger partial charge < -0.3 is 4.74 Å². The van der Waals surface area contributed by atoms with E-state index in [0.717, 1.165) is 4.90 Å². The van der Waals surface area contributed by atoms with Crippen LogP contribution in [0.3, 0.4) is 0 Å². The van der Waals surface area contributed by atoms with Crippen molar-refractivity contribution < 1.29 is 18.7 Å². The Morgan fingerprint density at radius 1 is 1.17 bits per heavy atom. The number of anilines is 1. The molecular weight excluding hydrogens is 297 g/mol. The molecule has 0 saturated heterocycles. The lowest BCUT2D eigenvalue weighted by Crippen LogP contribution is -2.38. The van der Waals surface area contributed by atoms with Crippen LogP contribution in [0.25, 0.3) is 5.57 Å². The Morgan fingerprint density at radius 2 is 1.78 bits per heavy atom. The summed E-state index contributed by atoms with van der Waals surface area (Å²) in [4.78, 5) is 26.1. The number of hydrogen-bond donors (Lipinski definition) is 0. The molecule has 1 aromatic rings. The zero-order chi connectivity index (χ0) is 17.6. The standard InChI is InChI=1S/C18H22FNO3/c1-17(2,3)10-13-12-9-11(19)7-8-14(12)20(15(13)21)16(22)23-18(4,5)6/h7-10H,1-6H3/b13-10+. The number of nitrogens with zero attached hydrogens (tertiary/aromatic N) is 1. The number of amides is 2. The third-order valence-corrected chi connectivity index (χ3v) is 3.08. The van der Waals surface area contributed by atoms with Crippen molar-refractivity contribution in [2.45, 2.75) is 47.1 Å². The number of allylic oxidation sites excluding steroid dienone is 1. The Kier molecular flexibility index (Phi) is 4.09. The fourth-order valence-electron chi connectivity index (χ4n) is 2.33. The molecule has 2 rings (SSSR count). The molecule has 5 heteroatoms. The van der Waals surface area contributed by atoms with Gasteiger partial charge >= 0.3 is 6.09 Å². The monoisotopic (exact) mass is 319 g/mol. The molecule has 4 nitrogen and oxygen atoms in total. The Morgan fingerprint density at radius 3 is 2.30 bits per heavy atom. The Labute approximate surface area is 135 Å². The van der Waals surface area contributed by atoms with E-state index < -0.39 is 23.4 Å². The molecule has 23 heavy (non-hydrogen) atoms. The van der Waals surface area contributed by atoms with Crippen molar-refractivity contribution in [3.05, 3.63) is 35.7 Å². The molecule has 0 N–H and O–H groups in total. The lowest BCUT2D eigenvalue weighted by atomic mass is 9.91. The van der Waals surface area contributed by atoms with E-state index in [-0.39, 0.29) is 5.41 Å². The van der Waals surface area contributed by atoms with Gasteiger partial charge in [-0.2, -0.15) is 0 Å². The molecule has 0 saturated carbocycles. The molecule has 0 radical (unpaired) electrons. The first-order valence-corrected chi connectivity index (χ1v) is 7.49. The fraction of sp³-hybridized carbons (Fsp3) is 0.444. The van der Waals surface area contributed by atoms with Gasteiger partial charge in [-0.25, -0.2) is 14.1 Å². The second-order valence-corrected chi connectivity index (χ2v) is 7.71. The molecule has 0 atom stereocenters. The van der Waals surface area contributed by atoms with Crippen molar-refractivity contribution in [2.75, 3.05) is 4.90 Å². The fourth-order valence-corrected chi connectivity index (χ4v) is 2.33. The summed E-state index contributed by atoms with van der Waals surface area (Å²) in [7, 11) is 0. The minimum Gasteiger partial charge on any atom is -0.443 e. The highest BCUT2D eigenvalue weighted by Gasteiger charge is 2.39. The maximum absolute atomic E-state index is 13.6. The van der Waals surface area contributed by atoms with Crippen LogP contribution in [-0.2, 0) is 9.53 Å². The van der Waals surface area contributed by atoms with Crippen LogP contribution in [-0.4, -0.2) is 17.6 Å². The van der Waals surface area contributed by atoms with Gasteiger partial charge in [0.25, 0.3) is 5.91 Å². The molecule has 0 bridgehead atoms. The van der Waals surface area contributed by atoms with Crippen LogP contribution in [0.5, 0.6) is 0 Å². The summed E-state index contributed by atoms with van der Waals surface area (Å²) in [6, 6.07) is 3.93. The predicted octanol–water partition coefficient (Wildman–Crippen LogP) is 4.54. The van der Waals surface area contributed by atoms with Gasteiger partial charge in [0, 0.05) is 11.1 Å². The normalized spacial score (nSPS) is 16.7. The quantitative estimate of drug-likeness (QED) is 0.660. The summed E-state index contributed by atoms with van der Waals surface area (Å²) < 4.78 is 18.9. The van der Waals surface area contributed by atoms with E-state index in [1.807, 2.05) is 20.8 Å². The van der Waals surface area contributed by atoms with Gasteiger partial charge in [0.05, 0.1) is 5.69 Å². The summed E-state index contributed by atoms with van der Waals surface area (Å²) >= 11 is 0. The van der Waals surface area contributed by atoms with Crippen molar-refractivity contribution >= 4 is 23.3 Å². The third kappa shape index (κ3) is 3.78. The van der Waals surface area contributed by atoms with Crippen LogP contribution in [0.1, 0.15) is 47.1 Å². The van der Waals surface area contributed by atoms with Crippen molar-refractivity contribution in [2.24, 2.45) is 5.41 Å². The summed E-state index contributed by atoms with van der Waals surface area (Å²) in [5.74, 6) is -0.947. The number of imide groups is 1. The maximum Gasteiger partial charge on any atom is 0.422 e. The number of carbonyl (C=O) groups excluding carboxylic acids is 2. The van der Waals surface area contributed by atoms with E-state index in [2.05, 4.69) is 0 Å². The Bertz CT molecular complexity index is 693. The summed E-state index contributed by atoms with van der Waals surface area (Å²) in [6.07, 6.45) is 0.991. The number of ether oxygens (including phenoxy) is 1. The average molecular weight is 319 g/mol. The van der Waals surface area contributed by atoms with E-state index in [4.69, 9.17) is 4.74 Å². The van der Waals surface area contributed by atoms with Gasteiger partial charge in [-0.15, -0.1) is 0 Å². The molecule has 0 aliphatic carbocycles. The molecule has 2 amide bonds. The Hall–Kier alpha value is -2.17. The minimum atomic E-state index is -0.757. The number of benzene rings is 1. The largest absolute Gasteiger partial charge is 0.443 e. The second kappa shape index (κ2) is 5.48. The molecule has 1 aliphatic rings. The van der Waals surface area contributed by atoms with Gasteiger partial charge in [-0.1, -0.05) is 26.8 Å². The molecule has 1 aromatic carbocycles. The second-order valence-electron chi connectivity index (χ2n) is 7.71. The van der Waals surface area contributed by atoms with E-state index in [9.17, 15) is 14.0 Å². The maximum atomic E-state index is 13.6. The van der Waals surface area contributed by atoms with Gasteiger partial charge in [-0.3, -0.25) is 4.79 Å². The number of fused-ring (bicyclic) bond motifs is 1. The SMILES string of the molecule is CC(C)(C)/C=C1/C(=O)N(C(=O)OC(C)(C)C)c2ccc(F)cc21. The predicted molar refractivity (Wildman–Crippen MR) is 87.6 cm³/mol. The first-order chi connectivity index (χ1) is 10.4. The van der Waals surface area contributed by atoms with Crippen molar-refractivity contribution in [3.8, 4) is 0 Å². The smallest absolute Gasteiger partial charge is 0.422 e. The summed E-state index contributed by atoms with van der Waals surface area (Å²) in [6.45, 7) is 11.0. The zero-order valence-electron chi connectivity index (χ0n) is 14.4. The van der Waals surface area contributed by atoms with E-state index in [1.54, 1.807) is 26.8 Å². The van der Waals surface area contributed by atoms with Gasteiger partial charge in [0.1, 0.15) is 11.4 Å². The van der Waals surface area contributed by atoms with Crippen molar-refractivity contribution in [1.29, 1.82) is 0 Å². The Balaban J connectivity index is 2.55. The lowest BCUT2D eigenvalue weighted by Gasteiger charge is -2.23. The molecule has 0 aromatic heterocycles. The molecule has 0 spiro atoms. The summed E-state index contributed by atoms with van der Waals surface area (Å²) in [5, 5.41) is 0. The van der Waals surface area contributed by atoms with Gasteiger partial charge in [0.15, 0.2) is 0 Å². The van der Waals surface area contributed by atoms with Crippen LogP contribution >= 0.6 is 0 Å². The first-order valence-electron chi connectivity index (χ1n) is 7.49. The third-order valence-electron chi connectivity index (χ3n) is 3.08. The highest BCUT2D eigenvalue weighted by Crippen LogP contribution is 2.40. The highest BCUT2D eigenvalue weighted by atomic mass is 19.1. The first kappa shape index (κ1) is 17.2. The van der Waals surface area contributed by atoms with Crippen LogP contribution in [0.4, 0.5) is 14.9 Å². The van der Waals surface area contributed by atoms with E-state index in [0.29, 0.717) is 16.8 Å². The number of rotatable bonds is 0. The van der Waals surface area contributed by atoms with Gasteiger partial charge in [0.2, 0.25) is 0 Å². The highest BCUT2D eigenvalue weighted by molar-refractivity contribution is 6.39. The van der Waals surface area contributed by atoms with Crippen LogP contribution in [0.15, 0.2) is 24.3 Å². The van der Waals surface area contributed by atoms with Crippen LogP contribution < -0.4 is 4.90 Å². The van der Waals surface area contributed by atoms with Crippen LogP contribution in [0.2, 0.25) is 0 Å². The van der Waals surface area contributed by atoms with Crippen molar-refractivity contribution in [3.63, 3.8) is 0 Å². The van der Waals surface area contributed by atoms with Crippen molar-refractivity contribution in [1.82, 2.24) is 0 Å². The topological polar surface area (TPSA) is 46.6 Å². The average Bonchev–Trinajstić information content (AvgIpc) is 2.59. The van der Waals surface area contributed by atoms with Crippen LogP contribution in [0, 0.1) is 11.2 Å². The molecule has 0 fully saturated rings. The lowest BCUT2D eigenvalue weighted by molar-refractivity contribution is -0.112. The molecule has 124 valence electrons. The number of halogens is 1. The van der Waals surface area contributed by atoms with E-state index in [1.165, 1.54) is 18.2 Å². The molecular formula is C18H22FNO3. The zero-order valence-corrected chi connectivity index (χ0v) is 14.4. The summed E-state index contributed by atoms with van der Waals surface area (Å²) in [5.41, 5.74) is 0.0573. The molecule has 1 aliphatic heterocycles. The number of hydrogen-bond acceptors (Lipinski definition) is 3. The van der Waals surface area contributed by atoms with Gasteiger partial charge in [-0.05, 0) is 44.4 Å². The van der Waals surface area contributed by atoms with E-state index >= 15 is 0 Å². The number of carbonyl (C=O) groups is 2. The molecule has 0 unspecified atom stereocenters. The minimum absolute atomic E-state index is 0.293. The molecule has 1 heterocycles.